The largest absolute Gasteiger partial charge is 0.399 e. The standard InChI is InChI=1S/C12H18Cl2N2O2S/c1-5-12(2,3)16(4)19(17,18)11-9(13)6-8(15)7-10(11)14/h6-7H,5,15H2,1-4H3. The molecule has 0 fully saturated rings. The Bertz CT molecular complexity index is 562. The molecule has 108 valence electrons. The van der Waals surface area contributed by atoms with E-state index in [1.807, 2.05) is 20.8 Å². The quantitative estimate of drug-likeness (QED) is 0.863. The SMILES string of the molecule is CCC(C)(C)N(C)S(=O)(=O)c1c(Cl)cc(N)cc1Cl. The third-order valence-corrected chi connectivity index (χ3v) is 6.35. The van der Waals surface area contributed by atoms with Crippen LogP contribution in [0.2, 0.25) is 10.0 Å². The first kappa shape index (κ1) is 16.6. The molecule has 0 spiro atoms. The summed E-state index contributed by atoms with van der Waals surface area (Å²) in [4.78, 5) is -0.103. The Morgan fingerprint density at radius 2 is 1.68 bits per heavy atom. The number of nitrogens with two attached hydrogens (primary N) is 1. The fraction of sp³-hybridized carbons (Fsp3) is 0.500. The van der Waals surface area contributed by atoms with Gasteiger partial charge in [-0.25, -0.2) is 8.42 Å². The first-order valence-electron chi connectivity index (χ1n) is 5.77. The molecule has 1 aromatic carbocycles. The minimum Gasteiger partial charge on any atom is -0.399 e. The Morgan fingerprint density at radius 3 is 2.05 bits per heavy atom. The van der Waals surface area contributed by atoms with E-state index in [0.29, 0.717) is 12.1 Å². The summed E-state index contributed by atoms with van der Waals surface area (Å²) in [6.07, 6.45) is 0.660. The maximum atomic E-state index is 12.6. The van der Waals surface area contributed by atoms with Gasteiger partial charge in [0.15, 0.2) is 0 Å². The van der Waals surface area contributed by atoms with Crippen molar-refractivity contribution in [1.82, 2.24) is 4.31 Å². The summed E-state index contributed by atoms with van der Waals surface area (Å²) < 4.78 is 26.5. The van der Waals surface area contributed by atoms with Crippen LogP contribution >= 0.6 is 23.2 Å². The molecule has 1 rings (SSSR count). The van der Waals surface area contributed by atoms with Gasteiger partial charge in [0.2, 0.25) is 10.0 Å². The van der Waals surface area contributed by atoms with Gasteiger partial charge in [0.05, 0.1) is 10.0 Å². The van der Waals surface area contributed by atoms with Crippen LogP contribution in [-0.2, 0) is 10.0 Å². The van der Waals surface area contributed by atoms with Crippen molar-refractivity contribution >= 4 is 38.9 Å². The van der Waals surface area contributed by atoms with Gasteiger partial charge in [-0.1, -0.05) is 30.1 Å². The van der Waals surface area contributed by atoms with Gasteiger partial charge in [-0.05, 0) is 32.4 Å². The molecule has 0 saturated carbocycles. The fourth-order valence-electron chi connectivity index (χ4n) is 1.51. The zero-order valence-corrected chi connectivity index (χ0v) is 13.7. The van der Waals surface area contributed by atoms with Crippen molar-refractivity contribution in [3.8, 4) is 0 Å². The lowest BCUT2D eigenvalue weighted by atomic mass is 10.0. The van der Waals surface area contributed by atoms with Crippen LogP contribution in [0, 0.1) is 0 Å². The summed E-state index contributed by atoms with van der Waals surface area (Å²) >= 11 is 12.0. The molecule has 0 bridgehead atoms. The number of anilines is 1. The number of benzene rings is 1. The van der Waals surface area contributed by atoms with E-state index in [1.54, 1.807) is 0 Å². The second-order valence-corrected chi connectivity index (χ2v) is 7.67. The second-order valence-electron chi connectivity index (χ2n) is 4.95. The maximum absolute atomic E-state index is 12.6. The molecule has 0 radical (unpaired) electrons. The van der Waals surface area contributed by atoms with Gasteiger partial charge in [-0.15, -0.1) is 0 Å². The normalized spacial score (nSPS) is 13.0. The molecule has 1 aromatic rings. The van der Waals surface area contributed by atoms with Gasteiger partial charge >= 0.3 is 0 Å². The molecular weight excluding hydrogens is 307 g/mol. The van der Waals surface area contributed by atoms with Crippen molar-refractivity contribution in [3.05, 3.63) is 22.2 Å². The van der Waals surface area contributed by atoms with Crippen molar-refractivity contribution in [3.63, 3.8) is 0 Å². The van der Waals surface area contributed by atoms with Crippen LogP contribution in [0.3, 0.4) is 0 Å². The van der Waals surface area contributed by atoms with E-state index in [-0.39, 0.29) is 14.9 Å². The topological polar surface area (TPSA) is 63.4 Å². The third-order valence-electron chi connectivity index (χ3n) is 3.36. The van der Waals surface area contributed by atoms with Crippen LogP contribution in [0.4, 0.5) is 5.69 Å². The van der Waals surface area contributed by atoms with Crippen LogP contribution in [0.15, 0.2) is 17.0 Å². The molecule has 0 unspecified atom stereocenters. The molecule has 0 saturated heterocycles. The molecule has 0 aliphatic carbocycles. The van der Waals surface area contributed by atoms with Crippen molar-refractivity contribution in [2.45, 2.75) is 37.6 Å². The minimum atomic E-state index is -3.77. The lowest BCUT2D eigenvalue weighted by Gasteiger charge is -2.34. The zero-order chi connectivity index (χ0) is 15.0. The summed E-state index contributed by atoms with van der Waals surface area (Å²) in [5.41, 5.74) is 5.37. The summed E-state index contributed by atoms with van der Waals surface area (Å²) in [6.45, 7) is 5.59. The smallest absolute Gasteiger partial charge is 0.246 e. The number of halogens is 2. The molecule has 0 aliphatic rings. The van der Waals surface area contributed by atoms with E-state index in [1.165, 1.54) is 23.5 Å². The number of sulfonamides is 1. The van der Waals surface area contributed by atoms with Crippen molar-refractivity contribution in [2.24, 2.45) is 0 Å². The number of nitrogen functional groups attached to an aromatic ring is 1. The highest BCUT2D eigenvalue weighted by atomic mass is 35.5. The predicted octanol–water partition coefficient (Wildman–Crippen LogP) is 3.38. The van der Waals surface area contributed by atoms with E-state index < -0.39 is 15.6 Å². The van der Waals surface area contributed by atoms with Crippen LogP contribution in [-0.4, -0.2) is 25.3 Å². The highest BCUT2D eigenvalue weighted by molar-refractivity contribution is 7.89. The van der Waals surface area contributed by atoms with Crippen LogP contribution in [0.25, 0.3) is 0 Å². The zero-order valence-electron chi connectivity index (χ0n) is 11.4. The summed E-state index contributed by atoms with van der Waals surface area (Å²) in [5, 5.41) is 0.0625. The van der Waals surface area contributed by atoms with Gasteiger partial charge in [0, 0.05) is 18.3 Å². The van der Waals surface area contributed by atoms with E-state index in [9.17, 15) is 8.42 Å². The Balaban J connectivity index is 3.45. The summed E-state index contributed by atoms with van der Waals surface area (Å²) in [5.74, 6) is 0. The van der Waals surface area contributed by atoms with Crippen molar-refractivity contribution in [1.29, 1.82) is 0 Å². The molecule has 0 heterocycles. The lowest BCUT2D eigenvalue weighted by molar-refractivity contribution is 0.257. The van der Waals surface area contributed by atoms with Crippen LogP contribution in [0.5, 0.6) is 0 Å². The average Bonchev–Trinajstić information content (AvgIpc) is 2.26. The Kier molecular flexibility index (Phi) is 4.78. The summed E-state index contributed by atoms with van der Waals surface area (Å²) in [7, 11) is -2.26. The van der Waals surface area contributed by atoms with Crippen LogP contribution in [0.1, 0.15) is 27.2 Å². The Morgan fingerprint density at radius 1 is 1.26 bits per heavy atom. The highest BCUT2D eigenvalue weighted by Crippen LogP contribution is 2.36. The molecule has 0 atom stereocenters. The molecular formula is C12H18Cl2N2O2S. The molecule has 0 aliphatic heterocycles. The highest BCUT2D eigenvalue weighted by Gasteiger charge is 2.35. The van der Waals surface area contributed by atoms with Gasteiger partial charge in [-0.2, -0.15) is 4.31 Å². The van der Waals surface area contributed by atoms with Crippen molar-refractivity contribution in [2.75, 3.05) is 12.8 Å². The number of hydrogen-bond donors (Lipinski definition) is 1. The number of rotatable bonds is 4. The molecule has 2 N–H and O–H groups in total. The molecule has 0 amide bonds. The molecule has 4 nitrogen and oxygen atoms in total. The van der Waals surface area contributed by atoms with Gasteiger partial charge in [-0.3, -0.25) is 0 Å². The van der Waals surface area contributed by atoms with Crippen LogP contribution < -0.4 is 5.73 Å². The fourth-order valence-corrected chi connectivity index (χ4v) is 4.26. The van der Waals surface area contributed by atoms with Gasteiger partial charge in [0.25, 0.3) is 0 Å². The maximum Gasteiger partial charge on any atom is 0.246 e. The van der Waals surface area contributed by atoms with E-state index in [4.69, 9.17) is 28.9 Å². The first-order chi connectivity index (χ1) is 8.54. The molecule has 0 aromatic heterocycles. The lowest BCUT2D eigenvalue weighted by Crippen LogP contribution is -2.44. The van der Waals surface area contributed by atoms with E-state index in [2.05, 4.69) is 0 Å². The molecule has 19 heavy (non-hydrogen) atoms. The second kappa shape index (κ2) is 5.48. The number of nitrogens with zero attached hydrogens (tertiary/aromatic N) is 1. The third kappa shape index (κ3) is 3.16. The summed E-state index contributed by atoms with van der Waals surface area (Å²) in [6, 6.07) is 2.76. The Labute approximate surface area is 124 Å². The Hall–Kier alpha value is -0.490. The van der Waals surface area contributed by atoms with E-state index in [0.717, 1.165) is 0 Å². The van der Waals surface area contributed by atoms with Gasteiger partial charge in [0.1, 0.15) is 4.90 Å². The number of hydrogen-bond acceptors (Lipinski definition) is 3. The van der Waals surface area contributed by atoms with E-state index >= 15 is 0 Å². The predicted molar refractivity (Wildman–Crippen MR) is 80.2 cm³/mol. The first-order valence-corrected chi connectivity index (χ1v) is 7.97. The monoisotopic (exact) mass is 324 g/mol. The minimum absolute atomic E-state index is 0.0313. The molecule has 7 heteroatoms. The van der Waals surface area contributed by atoms with Gasteiger partial charge < -0.3 is 5.73 Å². The average molecular weight is 325 g/mol. The van der Waals surface area contributed by atoms with Crippen molar-refractivity contribution < 1.29 is 8.42 Å².